The lowest BCUT2D eigenvalue weighted by molar-refractivity contribution is -0.308. The summed E-state index contributed by atoms with van der Waals surface area (Å²) in [6.07, 6.45) is 5.84. The molecule has 1 atom stereocenters. The molecule has 4 aliphatic carbocycles. The highest BCUT2D eigenvalue weighted by Crippen LogP contribution is 2.60. The second kappa shape index (κ2) is 6.87. The van der Waals surface area contributed by atoms with E-state index in [-0.39, 0.29) is 27.2 Å². The fraction of sp³-hybridized carbons (Fsp3) is 0.565. The van der Waals surface area contributed by atoms with Crippen molar-refractivity contribution in [2.75, 3.05) is 6.54 Å². The first-order chi connectivity index (χ1) is 14.5. The molecule has 0 radical (unpaired) electrons. The number of hydrogen-bond donors (Lipinski definition) is 1. The van der Waals surface area contributed by atoms with Gasteiger partial charge in [0.1, 0.15) is 0 Å². The smallest absolute Gasteiger partial charge is 0.354 e. The van der Waals surface area contributed by atoms with Gasteiger partial charge in [0.05, 0.1) is 0 Å². The zero-order chi connectivity index (χ0) is 20.5. The highest BCUT2D eigenvalue weighted by atomic mass is 127. The first-order valence-electron chi connectivity index (χ1n) is 10.9. The highest BCUT2D eigenvalue weighted by Gasteiger charge is 2.64. The Morgan fingerprint density at radius 1 is 0.867 bits per heavy atom. The zero-order valence-corrected chi connectivity index (χ0v) is 18.7. The van der Waals surface area contributed by atoms with Crippen LogP contribution in [-0.2, 0) is 23.9 Å². The van der Waals surface area contributed by atoms with Crippen LogP contribution >= 0.6 is 20.7 Å². The third kappa shape index (κ3) is 2.95. The molecule has 4 saturated carbocycles. The van der Waals surface area contributed by atoms with Gasteiger partial charge in [0.25, 0.3) is 5.79 Å². The Morgan fingerprint density at radius 3 is 2.00 bits per heavy atom. The molecule has 7 heteroatoms. The molecule has 6 fully saturated rings. The lowest BCUT2D eigenvalue weighted by atomic mass is 9.53. The van der Waals surface area contributed by atoms with Crippen molar-refractivity contribution in [3.63, 3.8) is 0 Å². The molecular weight excluding hydrogens is 497 g/mol. The lowest BCUT2D eigenvalue weighted by Crippen LogP contribution is -2.65. The minimum Gasteiger partial charge on any atom is -0.418 e. The number of carbonyl (C=O) groups is 3. The number of esters is 2. The Kier molecular flexibility index (Phi) is 4.34. The van der Waals surface area contributed by atoms with Gasteiger partial charge in [-0.15, -0.1) is 0 Å². The van der Waals surface area contributed by atoms with E-state index in [1.54, 1.807) is 0 Å². The van der Waals surface area contributed by atoms with E-state index in [1.807, 2.05) is 24.3 Å². The lowest BCUT2D eigenvalue weighted by Gasteiger charge is -2.59. The van der Waals surface area contributed by atoms with Gasteiger partial charge in [-0.3, -0.25) is 4.79 Å². The van der Waals surface area contributed by atoms with Crippen LogP contribution in [0, 0.1) is 27.2 Å². The second-order valence-corrected chi connectivity index (χ2v) is 12.3. The molecule has 2 saturated heterocycles. The summed E-state index contributed by atoms with van der Waals surface area (Å²) >= 11 is -0.980. The van der Waals surface area contributed by atoms with Crippen LogP contribution < -0.4 is 5.32 Å². The van der Waals surface area contributed by atoms with E-state index in [9.17, 15) is 14.4 Å². The number of hydrogen-bond acceptors (Lipinski definition) is 5. The monoisotopic (exact) mass is 521 g/mol. The highest BCUT2D eigenvalue weighted by molar-refractivity contribution is 14.2. The Hall–Kier alpha value is -1.77. The number of ether oxygens (including phenoxy) is 2. The van der Waals surface area contributed by atoms with Crippen LogP contribution in [0.15, 0.2) is 24.3 Å². The summed E-state index contributed by atoms with van der Waals surface area (Å²) in [5, 5.41) is 2.85. The van der Waals surface area contributed by atoms with Crippen LogP contribution in [0.25, 0.3) is 0 Å². The largest absolute Gasteiger partial charge is 0.418 e. The van der Waals surface area contributed by atoms with E-state index in [0.29, 0.717) is 24.8 Å². The number of nitrogens with one attached hydrogen (secondary N) is 1. The van der Waals surface area contributed by atoms with Crippen LogP contribution in [0.4, 0.5) is 0 Å². The summed E-state index contributed by atoms with van der Waals surface area (Å²) in [5.74, 6) is 0.113. The fourth-order valence-electron chi connectivity index (χ4n) is 6.48. The zero-order valence-electron chi connectivity index (χ0n) is 16.6. The van der Waals surface area contributed by atoms with Gasteiger partial charge in [0.2, 0.25) is 5.91 Å². The van der Waals surface area contributed by atoms with Crippen molar-refractivity contribution in [1.29, 1.82) is 0 Å². The van der Waals surface area contributed by atoms with Gasteiger partial charge in [-0.1, -0.05) is 32.9 Å². The normalized spacial score (nSPS) is 39.3. The maximum absolute atomic E-state index is 12.9. The molecule has 0 aromatic heterocycles. The number of amides is 1. The first kappa shape index (κ1) is 19.0. The molecule has 158 valence electrons. The minimum absolute atomic E-state index is 0.0819. The van der Waals surface area contributed by atoms with Gasteiger partial charge >= 0.3 is 11.9 Å². The Labute approximate surface area is 184 Å². The SMILES string of the molecule is O=C1CC(c2ccc(I=C3C(=O)OC4(OC3=O)C3CC5CC(C3)CC4C5)cc2)CN1. The van der Waals surface area contributed by atoms with E-state index < -0.39 is 38.5 Å². The van der Waals surface area contributed by atoms with Gasteiger partial charge in [0.15, 0.2) is 3.51 Å². The third-order valence-electron chi connectivity index (χ3n) is 7.66. The quantitative estimate of drug-likeness (QED) is 0.479. The van der Waals surface area contributed by atoms with Crippen LogP contribution in [0.5, 0.6) is 0 Å². The fourth-order valence-corrected chi connectivity index (χ4v) is 8.49. The number of carbonyl (C=O) groups excluding carboxylic acids is 3. The van der Waals surface area contributed by atoms with Crippen LogP contribution in [-0.4, -0.2) is 33.7 Å². The van der Waals surface area contributed by atoms with Crippen molar-refractivity contribution in [3.05, 3.63) is 33.4 Å². The Bertz CT molecular complexity index is 918. The standard InChI is InChI=1S/C23H24INO5/c26-19-10-15(11-25-19)14-1-3-18(4-2-14)24-20-21(27)29-23(30-22(20)28)16-6-12-5-13(8-16)9-17(23)7-12/h1-4,12-13,15-17H,5-11H2,(H,25,26). The van der Waals surface area contributed by atoms with Crippen molar-refractivity contribution in [2.45, 2.75) is 50.2 Å². The molecule has 6 nitrogen and oxygen atoms in total. The summed E-state index contributed by atoms with van der Waals surface area (Å²) in [4.78, 5) is 37.3. The predicted molar refractivity (Wildman–Crippen MR) is 116 cm³/mol. The maximum atomic E-state index is 12.9. The van der Waals surface area contributed by atoms with E-state index in [4.69, 9.17) is 9.47 Å². The topological polar surface area (TPSA) is 81.7 Å². The average molecular weight is 521 g/mol. The molecule has 1 N–H and O–H groups in total. The molecule has 4 bridgehead atoms. The summed E-state index contributed by atoms with van der Waals surface area (Å²) in [6, 6.07) is 7.93. The number of rotatable bonds is 2. The van der Waals surface area contributed by atoms with Gasteiger partial charge in [-0.05, 0) is 61.6 Å². The number of benzene rings is 1. The molecule has 1 aromatic carbocycles. The van der Waals surface area contributed by atoms with Gasteiger partial charge in [-0.2, -0.15) is 0 Å². The molecule has 1 unspecified atom stereocenters. The van der Waals surface area contributed by atoms with Crippen LogP contribution in [0.3, 0.4) is 0 Å². The molecule has 1 amide bonds. The Balaban J connectivity index is 1.22. The third-order valence-corrected chi connectivity index (χ3v) is 10.4. The van der Waals surface area contributed by atoms with E-state index in [1.165, 1.54) is 6.42 Å². The summed E-state index contributed by atoms with van der Waals surface area (Å²) in [7, 11) is 0. The molecule has 30 heavy (non-hydrogen) atoms. The Morgan fingerprint density at radius 2 is 1.47 bits per heavy atom. The first-order valence-corrected chi connectivity index (χ1v) is 13.0. The van der Waals surface area contributed by atoms with Crippen LogP contribution in [0.1, 0.15) is 50.0 Å². The summed E-state index contributed by atoms with van der Waals surface area (Å²) in [5.41, 5.74) is 1.10. The van der Waals surface area contributed by atoms with Crippen molar-refractivity contribution in [3.8, 4) is 0 Å². The molecular formula is C23H24INO5. The van der Waals surface area contributed by atoms with Crippen molar-refractivity contribution in [2.24, 2.45) is 23.7 Å². The predicted octanol–water partition coefficient (Wildman–Crippen LogP) is 2.86. The average Bonchev–Trinajstić information content (AvgIpc) is 3.15. The maximum Gasteiger partial charge on any atom is 0.354 e. The molecule has 6 aliphatic rings. The van der Waals surface area contributed by atoms with Crippen molar-refractivity contribution in [1.82, 2.24) is 5.32 Å². The van der Waals surface area contributed by atoms with Crippen LogP contribution in [0.2, 0.25) is 0 Å². The van der Waals surface area contributed by atoms with Crippen molar-refractivity contribution >= 4 is 42.1 Å². The molecule has 1 spiro atoms. The minimum atomic E-state index is -0.999. The van der Waals surface area contributed by atoms with Gasteiger partial charge in [0, 0.05) is 34.3 Å². The van der Waals surface area contributed by atoms with Crippen molar-refractivity contribution < 1.29 is 23.9 Å². The van der Waals surface area contributed by atoms with Gasteiger partial charge in [-0.25, -0.2) is 9.59 Å². The summed E-state index contributed by atoms with van der Waals surface area (Å²) in [6.45, 7) is 0.662. The molecule has 2 heterocycles. The number of halogens is 1. The van der Waals surface area contributed by atoms with E-state index in [2.05, 4.69) is 5.32 Å². The van der Waals surface area contributed by atoms with E-state index in [0.717, 1.165) is 34.8 Å². The second-order valence-electron chi connectivity index (χ2n) is 9.47. The van der Waals surface area contributed by atoms with E-state index >= 15 is 0 Å². The summed E-state index contributed by atoms with van der Waals surface area (Å²) < 4.78 is 13.1. The molecule has 1 aromatic rings. The molecule has 7 rings (SSSR count). The molecule has 2 aliphatic heterocycles. The van der Waals surface area contributed by atoms with Gasteiger partial charge < -0.3 is 14.8 Å².